The van der Waals surface area contributed by atoms with Crippen molar-refractivity contribution in [3.8, 4) is 0 Å². The molecule has 0 radical (unpaired) electrons. The second-order valence-electron chi connectivity index (χ2n) is 3.31. The number of fused-ring (bicyclic) bond motifs is 1. The lowest BCUT2D eigenvalue weighted by molar-refractivity contribution is -0.138. The van der Waals surface area contributed by atoms with Crippen molar-refractivity contribution in [2.24, 2.45) is 5.73 Å². The van der Waals surface area contributed by atoms with E-state index < -0.39 is 12.0 Å². The van der Waals surface area contributed by atoms with Crippen LogP contribution in [0.5, 0.6) is 0 Å². The lowest BCUT2D eigenvalue weighted by Crippen LogP contribution is -2.20. The third-order valence-corrected chi connectivity index (χ3v) is 2.31. The molecule has 1 unspecified atom stereocenters. The maximum atomic E-state index is 10.8. The molecule has 0 saturated heterocycles. The number of carboxylic acid groups (broad SMARTS) is 1. The van der Waals surface area contributed by atoms with E-state index in [1.165, 1.54) is 0 Å². The van der Waals surface area contributed by atoms with Gasteiger partial charge in [-0.15, -0.1) is 0 Å². The highest BCUT2D eigenvalue weighted by molar-refractivity contribution is 5.87. The third kappa shape index (κ3) is 1.46. The fourth-order valence-electron chi connectivity index (χ4n) is 1.48. The Bertz CT molecular complexity index is 518. The first-order valence-corrected chi connectivity index (χ1v) is 4.44. The molecule has 1 aromatic heterocycles. The molecule has 0 spiro atoms. The monoisotopic (exact) mass is 206 g/mol. The number of aryl methyl sites for hydroxylation is 1. The van der Waals surface area contributed by atoms with Crippen molar-refractivity contribution in [1.29, 1.82) is 0 Å². The van der Waals surface area contributed by atoms with Crippen molar-refractivity contribution in [3.05, 3.63) is 29.5 Å². The van der Waals surface area contributed by atoms with Crippen LogP contribution < -0.4 is 5.73 Å². The Balaban J connectivity index is 2.66. The average molecular weight is 206 g/mol. The van der Waals surface area contributed by atoms with Gasteiger partial charge in [0.2, 0.25) is 0 Å². The topological polar surface area (TPSA) is 89.4 Å². The highest BCUT2D eigenvalue weighted by atomic mass is 16.5. The molecule has 2 rings (SSSR count). The standard InChI is InChI=1S/C10H10N2O3/c1-5-6-3-2-4-7(8(11)10(13)14)9(6)15-12-5/h2-4,8H,11H2,1H3,(H,13,14). The number of para-hydroxylation sites is 1. The van der Waals surface area contributed by atoms with Crippen LogP contribution in [0.2, 0.25) is 0 Å². The lowest BCUT2D eigenvalue weighted by atomic mass is 10.0. The molecule has 0 saturated carbocycles. The smallest absolute Gasteiger partial charge is 0.325 e. The summed E-state index contributed by atoms with van der Waals surface area (Å²) in [5.41, 5.74) is 7.15. The largest absolute Gasteiger partial charge is 0.480 e. The summed E-state index contributed by atoms with van der Waals surface area (Å²) in [5.74, 6) is -1.09. The van der Waals surface area contributed by atoms with Gasteiger partial charge in [-0.25, -0.2) is 0 Å². The van der Waals surface area contributed by atoms with E-state index in [1.807, 2.05) is 6.07 Å². The summed E-state index contributed by atoms with van der Waals surface area (Å²) >= 11 is 0. The molecule has 0 fully saturated rings. The fourth-order valence-corrected chi connectivity index (χ4v) is 1.48. The van der Waals surface area contributed by atoms with Crippen molar-refractivity contribution in [1.82, 2.24) is 5.16 Å². The summed E-state index contributed by atoms with van der Waals surface area (Å²) in [6, 6.07) is 4.11. The van der Waals surface area contributed by atoms with Gasteiger partial charge in [0, 0.05) is 10.9 Å². The predicted octanol–water partition coefficient (Wildman–Crippen LogP) is 1.22. The van der Waals surface area contributed by atoms with Crippen LogP contribution in [-0.2, 0) is 4.79 Å². The number of nitrogens with zero attached hydrogens (tertiary/aromatic N) is 1. The van der Waals surface area contributed by atoms with Crippen LogP contribution in [0.3, 0.4) is 0 Å². The number of rotatable bonds is 2. The normalized spacial score (nSPS) is 12.9. The van der Waals surface area contributed by atoms with Crippen LogP contribution >= 0.6 is 0 Å². The maximum absolute atomic E-state index is 10.8. The number of carbonyl (C=O) groups is 1. The molecule has 2 aromatic rings. The Morgan fingerprint density at radius 2 is 2.33 bits per heavy atom. The molecule has 0 aliphatic carbocycles. The Morgan fingerprint density at radius 1 is 1.60 bits per heavy atom. The van der Waals surface area contributed by atoms with Crippen molar-refractivity contribution in [3.63, 3.8) is 0 Å². The predicted molar refractivity (Wildman–Crippen MR) is 53.3 cm³/mol. The molecule has 1 atom stereocenters. The van der Waals surface area contributed by atoms with E-state index in [2.05, 4.69) is 5.16 Å². The van der Waals surface area contributed by atoms with Gasteiger partial charge in [-0.3, -0.25) is 4.79 Å². The molecular formula is C10H10N2O3. The summed E-state index contributed by atoms with van der Waals surface area (Å²) in [5, 5.41) is 13.4. The Kier molecular flexibility index (Phi) is 2.17. The highest BCUT2D eigenvalue weighted by Crippen LogP contribution is 2.25. The van der Waals surface area contributed by atoms with Gasteiger partial charge in [0.05, 0.1) is 5.69 Å². The molecule has 0 aliphatic heterocycles. The molecule has 0 amide bonds. The van der Waals surface area contributed by atoms with Crippen LogP contribution in [0.15, 0.2) is 22.7 Å². The fraction of sp³-hybridized carbons (Fsp3) is 0.200. The van der Waals surface area contributed by atoms with Crippen LogP contribution in [-0.4, -0.2) is 16.2 Å². The lowest BCUT2D eigenvalue weighted by Gasteiger charge is -2.05. The number of benzene rings is 1. The Morgan fingerprint density at radius 3 is 3.00 bits per heavy atom. The second-order valence-corrected chi connectivity index (χ2v) is 3.31. The second kappa shape index (κ2) is 3.36. The van der Waals surface area contributed by atoms with E-state index in [1.54, 1.807) is 19.1 Å². The Hall–Kier alpha value is -1.88. The molecule has 1 heterocycles. The molecule has 5 nitrogen and oxygen atoms in total. The van der Waals surface area contributed by atoms with E-state index in [9.17, 15) is 4.79 Å². The van der Waals surface area contributed by atoms with Crippen molar-refractivity contribution in [2.75, 3.05) is 0 Å². The summed E-state index contributed by atoms with van der Waals surface area (Å²) in [7, 11) is 0. The first-order chi connectivity index (χ1) is 7.11. The maximum Gasteiger partial charge on any atom is 0.325 e. The molecule has 78 valence electrons. The molecular weight excluding hydrogens is 196 g/mol. The number of carboxylic acids is 1. The molecule has 3 N–H and O–H groups in total. The van der Waals surface area contributed by atoms with Gasteiger partial charge in [0.15, 0.2) is 5.58 Å². The number of aliphatic carboxylic acids is 1. The molecule has 0 bridgehead atoms. The zero-order valence-corrected chi connectivity index (χ0v) is 8.10. The van der Waals surface area contributed by atoms with E-state index in [0.29, 0.717) is 11.1 Å². The number of hydrogen-bond acceptors (Lipinski definition) is 4. The molecule has 1 aromatic carbocycles. The number of hydrogen-bond donors (Lipinski definition) is 2. The zero-order valence-electron chi connectivity index (χ0n) is 8.10. The minimum Gasteiger partial charge on any atom is -0.480 e. The van der Waals surface area contributed by atoms with Crippen molar-refractivity contribution in [2.45, 2.75) is 13.0 Å². The quantitative estimate of drug-likeness (QED) is 0.771. The van der Waals surface area contributed by atoms with Gasteiger partial charge in [-0.2, -0.15) is 0 Å². The minimum atomic E-state index is -1.09. The van der Waals surface area contributed by atoms with Gasteiger partial charge < -0.3 is 15.4 Å². The SMILES string of the molecule is Cc1noc2c(C(N)C(=O)O)cccc12. The number of nitrogens with two attached hydrogens (primary N) is 1. The van der Waals surface area contributed by atoms with E-state index in [-0.39, 0.29) is 0 Å². The summed E-state index contributed by atoms with van der Waals surface area (Å²) in [6.45, 7) is 1.79. The minimum absolute atomic E-state index is 0.445. The van der Waals surface area contributed by atoms with Gasteiger partial charge in [0.1, 0.15) is 6.04 Å². The molecule has 15 heavy (non-hydrogen) atoms. The highest BCUT2D eigenvalue weighted by Gasteiger charge is 2.19. The van der Waals surface area contributed by atoms with E-state index >= 15 is 0 Å². The first kappa shape index (κ1) is 9.67. The molecule has 0 aliphatic rings. The van der Waals surface area contributed by atoms with Crippen molar-refractivity contribution >= 4 is 16.9 Å². The van der Waals surface area contributed by atoms with Crippen LogP contribution in [0.25, 0.3) is 11.0 Å². The average Bonchev–Trinajstić information content (AvgIpc) is 2.59. The first-order valence-electron chi connectivity index (χ1n) is 4.44. The van der Waals surface area contributed by atoms with Gasteiger partial charge >= 0.3 is 5.97 Å². The Labute approximate surface area is 85.5 Å². The zero-order chi connectivity index (χ0) is 11.0. The van der Waals surface area contributed by atoms with E-state index in [4.69, 9.17) is 15.4 Å². The summed E-state index contributed by atoms with van der Waals surface area (Å²) in [6.07, 6.45) is 0. The number of aromatic nitrogens is 1. The summed E-state index contributed by atoms with van der Waals surface area (Å²) in [4.78, 5) is 10.8. The van der Waals surface area contributed by atoms with Crippen molar-refractivity contribution < 1.29 is 14.4 Å². The van der Waals surface area contributed by atoms with Crippen LogP contribution in [0, 0.1) is 6.92 Å². The summed E-state index contributed by atoms with van der Waals surface area (Å²) < 4.78 is 5.06. The molecule has 5 heteroatoms. The van der Waals surface area contributed by atoms with Gasteiger partial charge in [-0.05, 0) is 13.0 Å². The van der Waals surface area contributed by atoms with Crippen LogP contribution in [0.4, 0.5) is 0 Å². The van der Waals surface area contributed by atoms with E-state index in [0.717, 1.165) is 11.1 Å². The van der Waals surface area contributed by atoms with Gasteiger partial charge in [-0.1, -0.05) is 17.3 Å². The van der Waals surface area contributed by atoms with Gasteiger partial charge in [0.25, 0.3) is 0 Å². The third-order valence-electron chi connectivity index (χ3n) is 2.31. The van der Waals surface area contributed by atoms with Crippen LogP contribution in [0.1, 0.15) is 17.3 Å².